The second-order valence-electron chi connectivity index (χ2n) is 4.36. The molecule has 0 spiro atoms. The fraction of sp³-hybridized carbons (Fsp3) is 0.200. The molecule has 20 heavy (non-hydrogen) atoms. The molecule has 0 amide bonds. The molecule has 0 radical (unpaired) electrons. The third kappa shape index (κ3) is 2.32. The van der Waals surface area contributed by atoms with E-state index in [1.807, 2.05) is 25.1 Å². The van der Waals surface area contributed by atoms with Crippen molar-refractivity contribution in [3.05, 3.63) is 59.0 Å². The molecule has 2 heterocycles. The predicted octanol–water partition coefficient (Wildman–Crippen LogP) is 3.16. The maximum Gasteiger partial charge on any atom is 0.356 e. The highest BCUT2D eigenvalue weighted by molar-refractivity contribution is 7.17. The Labute approximate surface area is 120 Å². The molecule has 4 nitrogen and oxygen atoms in total. The summed E-state index contributed by atoms with van der Waals surface area (Å²) >= 11 is 1.58. The van der Waals surface area contributed by atoms with Crippen LogP contribution in [0.15, 0.2) is 42.9 Å². The van der Waals surface area contributed by atoms with E-state index in [0.717, 1.165) is 16.1 Å². The zero-order valence-corrected chi connectivity index (χ0v) is 11.9. The van der Waals surface area contributed by atoms with Crippen molar-refractivity contribution in [2.24, 2.45) is 0 Å². The largest absolute Gasteiger partial charge is 0.461 e. The van der Waals surface area contributed by atoms with Gasteiger partial charge in [0.25, 0.3) is 0 Å². The number of rotatable bonds is 4. The Morgan fingerprint density at radius 3 is 2.90 bits per heavy atom. The number of esters is 1. The second-order valence-corrected chi connectivity index (χ2v) is 5.47. The Morgan fingerprint density at radius 1 is 1.35 bits per heavy atom. The first-order valence-electron chi connectivity index (χ1n) is 6.44. The summed E-state index contributed by atoms with van der Waals surface area (Å²) in [7, 11) is 0. The van der Waals surface area contributed by atoms with E-state index in [9.17, 15) is 4.79 Å². The van der Waals surface area contributed by atoms with Crippen molar-refractivity contribution in [3.8, 4) is 0 Å². The summed E-state index contributed by atoms with van der Waals surface area (Å²) in [5.41, 5.74) is 1.77. The lowest BCUT2D eigenvalue weighted by molar-refractivity contribution is 0.0517. The van der Waals surface area contributed by atoms with Crippen LogP contribution in [0.3, 0.4) is 0 Å². The SMILES string of the molecule is CCOC(=O)c1c(Cc2ccccc2)sc2cncn12. The van der Waals surface area contributed by atoms with Crippen LogP contribution in [0.25, 0.3) is 4.83 Å². The number of carbonyl (C=O) groups excluding carboxylic acids is 1. The van der Waals surface area contributed by atoms with Gasteiger partial charge in [0.15, 0.2) is 0 Å². The first kappa shape index (κ1) is 12.9. The molecule has 0 unspecified atom stereocenters. The van der Waals surface area contributed by atoms with Crippen LogP contribution in [-0.4, -0.2) is 22.0 Å². The predicted molar refractivity (Wildman–Crippen MR) is 78.3 cm³/mol. The van der Waals surface area contributed by atoms with Crippen molar-refractivity contribution in [1.29, 1.82) is 0 Å². The van der Waals surface area contributed by atoms with Gasteiger partial charge in [0, 0.05) is 11.3 Å². The van der Waals surface area contributed by atoms with E-state index in [0.29, 0.717) is 12.3 Å². The number of imidazole rings is 1. The Bertz CT molecular complexity index is 731. The lowest BCUT2D eigenvalue weighted by atomic mass is 10.1. The number of carbonyl (C=O) groups is 1. The van der Waals surface area contributed by atoms with Gasteiger partial charge in [-0.15, -0.1) is 11.3 Å². The fourth-order valence-electron chi connectivity index (χ4n) is 2.15. The Morgan fingerprint density at radius 2 is 2.15 bits per heavy atom. The molecule has 1 aromatic carbocycles. The summed E-state index contributed by atoms with van der Waals surface area (Å²) in [5.74, 6) is -0.289. The topological polar surface area (TPSA) is 43.6 Å². The van der Waals surface area contributed by atoms with Crippen molar-refractivity contribution in [1.82, 2.24) is 9.38 Å². The lowest BCUT2D eigenvalue weighted by Crippen LogP contribution is -2.10. The Hall–Kier alpha value is -2.14. The van der Waals surface area contributed by atoms with E-state index in [4.69, 9.17) is 4.74 Å². The number of thiazole rings is 1. The molecule has 2 aromatic heterocycles. The van der Waals surface area contributed by atoms with Crippen molar-refractivity contribution in [2.75, 3.05) is 6.61 Å². The van der Waals surface area contributed by atoms with Gasteiger partial charge >= 0.3 is 5.97 Å². The molecular weight excluding hydrogens is 272 g/mol. The fourth-order valence-corrected chi connectivity index (χ4v) is 3.27. The highest BCUT2D eigenvalue weighted by Crippen LogP contribution is 2.26. The maximum atomic E-state index is 12.2. The maximum absolute atomic E-state index is 12.2. The first-order valence-corrected chi connectivity index (χ1v) is 7.26. The summed E-state index contributed by atoms with van der Waals surface area (Å²) in [4.78, 5) is 18.2. The van der Waals surface area contributed by atoms with Crippen LogP contribution in [0.4, 0.5) is 0 Å². The second kappa shape index (κ2) is 5.46. The van der Waals surface area contributed by atoms with Crippen LogP contribution < -0.4 is 0 Å². The number of nitrogens with zero attached hydrogens (tertiary/aromatic N) is 2. The Kier molecular flexibility index (Phi) is 3.52. The third-order valence-corrected chi connectivity index (χ3v) is 4.11. The minimum absolute atomic E-state index is 0.289. The van der Waals surface area contributed by atoms with Gasteiger partial charge in [0.1, 0.15) is 16.9 Å². The van der Waals surface area contributed by atoms with Crippen LogP contribution in [-0.2, 0) is 11.2 Å². The van der Waals surface area contributed by atoms with E-state index in [-0.39, 0.29) is 5.97 Å². The van der Waals surface area contributed by atoms with Gasteiger partial charge in [0.05, 0.1) is 12.8 Å². The molecule has 102 valence electrons. The monoisotopic (exact) mass is 286 g/mol. The molecule has 0 bridgehead atoms. The molecule has 5 heteroatoms. The van der Waals surface area contributed by atoms with Crippen LogP contribution in [0.5, 0.6) is 0 Å². The van der Waals surface area contributed by atoms with Crippen molar-refractivity contribution >= 4 is 22.1 Å². The normalized spacial score (nSPS) is 10.8. The van der Waals surface area contributed by atoms with Crippen LogP contribution in [0, 0.1) is 0 Å². The van der Waals surface area contributed by atoms with Gasteiger partial charge in [-0.2, -0.15) is 0 Å². The molecule has 0 saturated carbocycles. The van der Waals surface area contributed by atoms with E-state index >= 15 is 0 Å². The highest BCUT2D eigenvalue weighted by Gasteiger charge is 2.20. The quantitative estimate of drug-likeness (QED) is 0.692. The van der Waals surface area contributed by atoms with Gasteiger partial charge in [-0.05, 0) is 12.5 Å². The number of hydrogen-bond donors (Lipinski definition) is 0. The molecule has 3 rings (SSSR count). The van der Waals surface area contributed by atoms with E-state index in [1.165, 1.54) is 5.56 Å². The van der Waals surface area contributed by atoms with Gasteiger partial charge in [0.2, 0.25) is 0 Å². The van der Waals surface area contributed by atoms with Crippen molar-refractivity contribution < 1.29 is 9.53 Å². The zero-order valence-electron chi connectivity index (χ0n) is 11.1. The van der Waals surface area contributed by atoms with E-state index in [1.54, 1.807) is 28.3 Å². The zero-order chi connectivity index (χ0) is 13.9. The Balaban J connectivity index is 2.03. The molecule has 0 aliphatic carbocycles. The van der Waals surface area contributed by atoms with E-state index in [2.05, 4.69) is 17.1 Å². The molecule has 0 aliphatic heterocycles. The number of benzene rings is 1. The minimum Gasteiger partial charge on any atom is -0.461 e. The number of fused-ring (bicyclic) bond motifs is 1. The minimum atomic E-state index is -0.289. The smallest absolute Gasteiger partial charge is 0.356 e. The van der Waals surface area contributed by atoms with Crippen LogP contribution in [0.1, 0.15) is 27.9 Å². The van der Waals surface area contributed by atoms with Crippen molar-refractivity contribution in [2.45, 2.75) is 13.3 Å². The molecule has 0 fully saturated rings. The summed E-state index contributed by atoms with van der Waals surface area (Å²) in [6, 6.07) is 10.1. The lowest BCUT2D eigenvalue weighted by Gasteiger charge is -2.04. The summed E-state index contributed by atoms with van der Waals surface area (Å²) in [6.07, 6.45) is 4.15. The average Bonchev–Trinajstić information content (AvgIpc) is 3.00. The summed E-state index contributed by atoms with van der Waals surface area (Å²) in [5, 5.41) is 0. The number of ether oxygens (including phenoxy) is 1. The molecule has 0 N–H and O–H groups in total. The molecule has 0 atom stereocenters. The highest BCUT2D eigenvalue weighted by atomic mass is 32.1. The van der Waals surface area contributed by atoms with Gasteiger partial charge in [-0.3, -0.25) is 4.40 Å². The van der Waals surface area contributed by atoms with Gasteiger partial charge in [-0.1, -0.05) is 30.3 Å². The summed E-state index contributed by atoms with van der Waals surface area (Å²) in [6.45, 7) is 2.18. The van der Waals surface area contributed by atoms with Crippen molar-refractivity contribution in [3.63, 3.8) is 0 Å². The molecule has 3 aromatic rings. The first-order chi connectivity index (χ1) is 9.79. The van der Waals surface area contributed by atoms with Gasteiger partial charge < -0.3 is 4.74 Å². The molecule has 0 saturated heterocycles. The van der Waals surface area contributed by atoms with E-state index < -0.39 is 0 Å². The third-order valence-electron chi connectivity index (χ3n) is 3.01. The standard InChI is InChI=1S/C15H14N2O2S/c1-2-19-15(18)14-12(8-11-6-4-3-5-7-11)20-13-9-16-10-17(13)14/h3-7,9-10H,2,8H2,1H3. The molecule has 0 aliphatic rings. The average molecular weight is 286 g/mol. The number of hydrogen-bond acceptors (Lipinski definition) is 4. The number of aromatic nitrogens is 2. The summed E-state index contributed by atoms with van der Waals surface area (Å²) < 4.78 is 6.97. The van der Waals surface area contributed by atoms with Gasteiger partial charge in [-0.25, -0.2) is 9.78 Å². The molecular formula is C15H14N2O2S. The van der Waals surface area contributed by atoms with Crippen LogP contribution in [0.2, 0.25) is 0 Å². The van der Waals surface area contributed by atoms with Crippen LogP contribution >= 0.6 is 11.3 Å².